The van der Waals surface area contributed by atoms with E-state index in [1.54, 1.807) is 12.1 Å². The number of nitrogens with zero attached hydrogens (tertiary/aromatic N) is 2. The Kier molecular flexibility index (Phi) is 10.8. The van der Waals surface area contributed by atoms with Gasteiger partial charge < -0.3 is 9.80 Å². The number of amides is 1. The van der Waals surface area contributed by atoms with E-state index >= 15 is 0 Å². The van der Waals surface area contributed by atoms with Crippen molar-refractivity contribution >= 4 is 57.7 Å². The fraction of sp³-hybridized carbons (Fsp3) is 0.414. The van der Waals surface area contributed by atoms with E-state index in [1.165, 1.54) is 32.5 Å². The average Bonchev–Trinajstić information content (AvgIpc) is 3.30. The molecule has 2 aliphatic heterocycles. The number of rotatable bonds is 6. The molecular weight excluding hydrogens is 514 g/mol. The highest BCUT2D eigenvalue weighted by Crippen LogP contribution is 2.38. The van der Waals surface area contributed by atoms with Gasteiger partial charge in [-0.1, -0.05) is 35.9 Å². The summed E-state index contributed by atoms with van der Waals surface area (Å²) in [6.07, 6.45) is 7.21. The van der Waals surface area contributed by atoms with Gasteiger partial charge in [0.05, 0.1) is 0 Å². The summed E-state index contributed by atoms with van der Waals surface area (Å²) in [7, 11) is 0. The summed E-state index contributed by atoms with van der Waals surface area (Å²) >= 11 is 1.82. The molecule has 36 heavy (non-hydrogen) atoms. The Morgan fingerprint density at radius 2 is 1.58 bits per heavy atom. The third-order valence-electron chi connectivity index (χ3n) is 7.19. The summed E-state index contributed by atoms with van der Waals surface area (Å²) in [6, 6.07) is 17.8. The summed E-state index contributed by atoms with van der Waals surface area (Å²) in [5, 5.41) is 1.26. The van der Waals surface area contributed by atoms with Gasteiger partial charge in [0.25, 0.3) is 0 Å². The summed E-state index contributed by atoms with van der Waals surface area (Å²) in [5.74, 6) is 0.138. The van der Waals surface area contributed by atoms with Gasteiger partial charge in [-0.2, -0.15) is 0 Å². The molecule has 1 aromatic heterocycles. The van der Waals surface area contributed by atoms with Gasteiger partial charge in [-0.25, -0.2) is 4.39 Å². The van der Waals surface area contributed by atoms with Gasteiger partial charge in [0.1, 0.15) is 5.82 Å². The quantitative estimate of drug-likeness (QED) is 0.317. The minimum atomic E-state index is -0.196. The standard InChI is InChI=1S/C29H33FN2OS.2ClH/c30-25-12-10-22(11-13-25)29(27-21-24-7-2-3-8-26(24)34-27)23-14-19-31(20-15-23)16-6-9-28(33)32-17-4-1-5-18-32;;/h2-3,7-8,10-13,21H,1,4-6,9,14-20H2;2*1H. The van der Waals surface area contributed by atoms with Crippen LogP contribution in [0.25, 0.3) is 15.7 Å². The number of hydrogen-bond acceptors (Lipinski definition) is 3. The molecule has 0 spiro atoms. The molecule has 3 aromatic rings. The van der Waals surface area contributed by atoms with Crippen LogP contribution in [-0.4, -0.2) is 48.4 Å². The van der Waals surface area contributed by atoms with E-state index in [-0.39, 0.29) is 30.6 Å². The fourth-order valence-electron chi connectivity index (χ4n) is 5.29. The number of likely N-dealkylation sites (tertiary alicyclic amines) is 2. The van der Waals surface area contributed by atoms with E-state index in [0.29, 0.717) is 12.3 Å². The van der Waals surface area contributed by atoms with Crippen LogP contribution in [0.15, 0.2) is 60.2 Å². The lowest BCUT2D eigenvalue weighted by Gasteiger charge is -2.30. The van der Waals surface area contributed by atoms with Crippen molar-refractivity contribution in [1.29, 1.82) is 0 Å². The first kappa shape index (κ1) is 28.6. The molecule has 0 bridgehead atoms. The molecule has 3 heterocycles. The molecule has 2 aliphatic rings. The van der Waals surface area contributed by atoms with Crippen LogP contribution in [0.5, 0.6) is 0 Å². The molecule has 0 saturated carbocycles. The second-order valence-corrected chi connectivity index (χ2v) is 10.6. The highest BCUT2D eigenvalue weighted by atomic mass is 35.5. The fourth-order valence-corrected chi connectivity index (χ4v) is 6.47. The Morgan fingerprint density at radius 3 is 2.28 bits per heavy atom. The van der Waals surface area contributed by atoms with Crippen molar-refractivity contribution in [2.75, 3.05) is 32.7 Å². The lowest BCUT2D eigenvalue weighted by molar-refractivity contribution is -0.132. The Labute approximate surface area is 230 Å². The average molecular weight is 550 g/mol. The normalized spacial score (nSPS) is 16.4. The maximum atomic E-state index is 13.7. The number of halogens is 3. The highest BCUT2D eigenvalue weighted by molar-refractivity contribution is 7.20. The number of thiophene rings is 1. The van der Waals surface area contributed by atoms with Crippen molar-refractivity contribution in [3.63, 3.8) is 0 Å². The van der Waals surface area contributed by atoms with E-state index in [0.717, 1.165) is 70.4 Å². The van der Waals surface area contributed by atoms with Crippen molar-refractivity contribution in [1.82, 2.24) is 9.80 Å². The molecule has 7 heteroatoms. The topological polar surface area (TPSA) is 23.6 Å². The van der Waals surface area contributed by atoms with Gasteiger partial charge in [0, 0.05) is 42.2 Å². The van der Waals surface area contributed by atoms with E-state index < -0.39 is 0 Å². The first-order valence-electron chi connectivity index (χ1n) is 12.6. The van der Waals surface area contributed by atoms with Crippen LogP contribution in [0.4, 0.5) is 4.39 Å². The van der Waals surface area contributed by atoms with Gasteiger partial charge in [-0.05, 0) is 85.9 Å². The van der Waals surface area contributed by atoms with E-state index in [9.17, 15) is 9.18 Å². The molecule has 194 valence electrons. The van der Waals surface area contributed by atoms with Crippen LogP contribution < -0.4 is 0 Å². The highest BCUT2D eigenvalue weighted by Gasteiger charge is 2.21. The predicted molar refractivity (Wildman–Crippen MR) is 154 cm³/mol. The molecule has 0 N–H and O–H groups in total. The lowest BCUT2D eigenvalue weighted by atomic mass is 9.91. The molecule has 0 aliphatic carbocycles. The number of benzene rings is 2. The van der Waals surface area contributed by atoms with Crippen molar-refractivity contribution in [2.24, 2.45) is 0 Å². The lowest BCUT2D eigenvalue weighted by Crippen LogP contribution is -2.36. The molecule has 2 aromatic carbocycles. The van der Waals surface area contributed by atoms with E-state index in [1.807, 2.05) is 23.5 Å². The maximum Gasteiger partial charge on any atom is 0.222 e. The molecule has 0 atom stereocenters. The minimum Gasteiger partial charge on any atom is -0.343 e. The zero-order valence-electron chi connectivity index (χ0n) is 20.6. The summed E-state index contributed by atoms with van der Waals surface area (Å²) < 4.78 is 14.9. The first-order valence-corrected chi connectivity index (χ1v) is 13.5. The largest absolute Gasteiger partial charge is 0.343 e. The van der Waals surface area contributed by atoms with Gasteiger partial charge in [-0.3, -0.25) is 4.79 Å². The van der Waals surface area contributed by atoms with Gasteiger partial charge >= 0.3 is 0 Å². The number of carbonyl (C=O) groups excluding carboxylic acids is 1. The number of fused-ring (bicyclic) bond motifs is 1. The van der Waals surface area contributed by atoms with Crippen LogP contribution >= 0.6 is 36.2 Å². The van der Waals surface area contributed by atoms with Crippen molar-refractivity contribution in [3.05, 3.63) is 76.4 Å². The van der Waals surface area contributed by atoms with Crippen LogP contribution in [0.3, 0.4) is 0 Å². The number of hydrogen-bond donors (Lipinski definition) is 0. The molecule has 5 rings (SSSR count). The van der Waals surface area contributed by atoms with Gasteiger partial charge in [0.15, 0.2) is 0 Å². The van der Waals surface area contributed by atoms with Crippen molar-refractivity contribution in [3.8, 4) is 0 Å². The second kappa shape index (κ2) is 13.6. The van der Waals surface area contributed by atoms with Crippen LogP contribution in [0.2, 0.25) is 0 Å². The van der Waals surface area contributed by atoms with Gasteiger partial charge in [0.2, 0.25) is 5.91 Å². The number of carbonyl (C=O) groups is 1. The zero-order chi connectivity index (χ0) is 23.3. The Morgan fingerprint density at radius 1 is 0.889 bits per heavy atom. The van der Waals surface area contributed by atoms with Gasteiger partial charge in [-0.15, -0.1) is 36.2 Å². The molecule has 2 saturated heterocycles. The van der Waals surface area contributed by atoms with E-state index in [2.05, 4.69) is 40.1 Å². The predicted octanol–water partition coefficient (Wildman–Crippen LogP) is 7.57. The third kappa shape index (κ3) is 6.89. The van der Waals surface area contributed by atoms with Crippen molar-refractivity contribution in [2.45, 2.75) is 44.9 Å². The maximum absolute atomic E-state index is 13.7. The molecule has 1 amide bonds. The summed E-state index contributed by atoms with van der Waals surface area (Å²) in [5.41, 5.74) is 3.84. The Hall–Kier alpha value is -1.92. The number of piperidine rings is 2. The van der Waals surface area contributed by atoms with Crippen LogP contribution in [-0.2, 0) is 4.79 Å². The molecular formula is C29H35Cl2FN2OS. The summed E-state index contributed by atoms with van der Waals surface area (Å²) in [6.45, 7) is 4.91. The Balaban J connectivity index is 0.00000180. The SMILES string of the molecule is Cl.Cl.O=C(CCCN1CCC(=C(c2ccc(F)cc2)c2cc3ccccc3s2)CC1)N1CCCCC1. The van der Waals surface area contributed by atoms with Crippen LogP contribution in [0.1, 0.15) is 55.4 Å². The van der Waals surface area contributed by atoms with Crippen LogP contribution in [0, 0.1) is 5.82 Å². The van der Waals surface area contributed by atoms with Crippen molar-refractivity contribution < 1.29 is 9.18 Å². The molecule has 0 radical (unpaired) electrons. The Bertz CT molecular complexity index is 1130. The second-order valence-electron chi connectivity index (χ2n) is 9.52. The molecule has 0 unspecified atom stereocenters. The summed E-state index contributed by atoms with van der Waals surface area (Å²) in [4.78, 5) is 18.3. The first-order chi connectivity index (χ1) is 16.7. The molecule has 2 fully saturated rings. The minimum absolute atomic E-state index is 0. The monoisotopic (exact) mass is 548 g/mol. The van der Waals surface area contributed by atoms with E-state index in [4.69, 9.17) is 0 Å². The zero-order valence-corrected chi connectivity index (χ0v) is 23.0. The molecule has 3 nitrogen and oxygen atoms in total. The third-order valence-corrected chi connectivity index (χ3v) is 8.33. The smallest absolute Gasteiger partial charge is 0.222 e.